The molecule has 1 atom stereocenters. The van der Waals surface area contributed by atoms with Crippen LogP contribution in [0.2, 0.25) is 5.02 Å². The van der Waals surface area contributed by atoms with E-state index in [0.29, 0.717) is 17.0 Å². The lowest BCUT2D eigenvalue weighted by Crippen LogP contribution is -2.32. The van der Waals surface area contributed by atoms with Crippen molar-refractivity contribution in [2.24, 2.45) is 0 Å². The highest BCUT2D eigenvalue weighted by Crippen LogP contribution is 2.25. The van der Waals surface area contributed by atoms with Gasteiger partial charge >= 0.3 is 0 Å². The Labute approximate surface area is 132 Å². The highest BCUT2D eigenvalue weighted by atomic mass is 35.5. The first-order valence-electron chi connectivity index (χ1n) is 8.05. The Morgan fingerprint density at radius 2 is 2.14 bits per heavy atom. The molecule has 1 nitrogen and oxygen atoms in total. The van der Waals surface area contributed by atoms with Crippen LogP contribution < -0.4 is 5.32 Å². The van der Waals surface area contributed by atoms with E-state index in [4.69, 9.17) is 11.6 Å². The van der Waals surface area contributed by atoms with Crippen LogP contribution in [0, 0.1) is 5.82 Å². The topological polar surface area (TPSA) is 12.0 Å². The van der Waals surface area contributed by atoms with E-state index in [-0.39, 0.29) is 11.9 Å². The molecule has 0 amide bonds. The highest BCUT2D eigenvalue weighted by molar-refractivity contribution is 6.31. The molecular weight excluding hydrogens is 285 g/mol. The van der Waals surface area contributed by atoms with Crippen molar-refractivity contribution >= 4 is 11.6 Å². The summed E-state index contributed by atoms with van der Waals surface area (Å²) in [4.78, 5) is 0. The predicted octanol–water partition coefficient (Wildman–Crippen LogP) is 5.28. The fraction of sp³-hybridized carbons (Fsp3) is 0.556. The van der Waals surface area contributed by atoms with Crippen molar-refractivity contribution in [2.75, 3.05) is 6.54 Å². The molecule has 0 bridgehead atoms. The maximum atomic E-state index is 14.0. The second-order valence-corrected chi connectivity index (χ2v) is 6.27. The first-order chi connectivity index (χ1) is 10.2. The SMILES string of the molecule is CCCNC(CC1=CCCCC1)Cc1c(F)cccc1Cl. The van der Waals surface area contributed by atoms with Crippen molar-refractivity contribution in [3.8, 4) is 0 Å². The average Bonchev–Trinajstić information content (AvgIpc) is 2.49. The zero-order valence-corrected chi connectivity index (χ0v) is 13.6. The van der Waals surface area contributed by atoms with Crippen molar-refractivity contribution < 1.29 is 4.39 Å². The molecule has 0 saturated carbocycles. The zero-order valence-electron chi connectivity index (χ0n) is 12.8. The van der Waals surface area contributed by atoms with Crippen LogP contribution in [0.4, 0.5) is 4.39 Å². The van der Waals surface area contributed by atoms with Crippen LogP contribution in [-0.2, 0) is 6.42 Å². The van der Waals surface area contributed by atoms with E-state index in [1.165, 1.54) is 37.3 Å². The average molecular weight is 310 g/mol. The molecule has 0 fully saturated rings. The van der Waals surface area contributed by atoms with E-state index in [0.717, 1.165) is 19.4 Å². The third-order valence-electron chi connectivity index (χ3n) is 4.09. The highest BCUT2D eigenvalue weighted by Gasteiger charge is 2.16. The molecule has 1 N–H and O–H groups in total. The van der Waals surface area contributed by atoms with Crippen LogP contribution in [0.25, 0.3) is 0 Å². The summed E-state index contributed by atoms with van der Waals surface area (Å²) in [5.74, 6) is -0.191. The maximum absolute atomic E-state index is 14.0. The molecule has 21 heavy (non-hydrogen) atoms. The molecule has 0 spiro atoms. The minimum atomic E-state index is -0.191. The molecule has 0 aromatic heterocycles. The van der Waals surface area contributed by atoms with Crippen LogP contribution in [0.3, 0.4) is 0 Å². The Kier molecular flexibility index (Phi) is 6.72. The normalized spacial score (nSPS) is 16.6. The fourth-order valence-electron chi connectivity index (χ4n) is 2.95. The molecular formula is C18H25ClFN. The summed E-state index contributed by atoms with van der Waals surface area (Å²) in [5, 5.41) is 4.09. The van der Waals surface area contributed by atoms with E-state index < -0.39 is 0 Å². The number of benzene rings is 1. The summed E-state index contributed by atoms with van der Waals surface area (Å²) >= 11 is 6.17. The first kappa shape index (κ1) is 16.5. The second-order valence-electron chi connectivity index (χ2n) is 5.87. The van der Waals surface area contributed by atoms with E-state index in [1.807, 2.05) is 0 Å². The molecule has 116 valence electrons. The number of hydrogen-bond acceptors (Lipinski definition) is 1. The van der Waals surface area contributed by atoms with Crippen molar-refractivity contribution in [3.63, 3.8) is 0 Å². The van der Waals surface area contributed by atoms with E-state index in [2.05, 4.69) is 18.3 Å². The summed E-state index contributed by atoms with van der Waals surface area (Å²) in [6, 6.07) is 5.21. The molecule has 2 rings (SSSR count). The Bertz CT molecular complexity index is 464. The Morgan fingerprint density at radius 1 is 1.29 bits per heavy atom. The molecule has 3 heteroatoms. The summed E-state index contributed by atoms with van der Waals surface area (Å²) in [5.41, 5.74) is 2.16. The van der Waals surface area contributed by atoms with Crippen LogP contribution in [0.15, 0.2) is 29.8 Å². The van der Waals surface area contributed by atoms with Gasteiger partial charge in [0.05, 0.1) is 0 Å². The van der Waals surface area contributed by atoms with Crippen LogP contribution in [0.5, 0.6) is 0 Å². The molecule has 1 aliphatic carbocycles. The van der Waals surface area contributed by atoms with E-state index >= 15 is 0 Å². The van der Waals surface area contributed by atoms with Crippen molar-refractivity contribution in [3.05, 3.63) is 46.3 Å². The second kappa shape index (κ2) is 8.55. The molecule has 1 aliphatic rings. The summed E-state index contributed by atoms with van der Waals surface area (Å²) < 4.78 is 14.0. The smallest absolute Gasteiger partial charge is 0.127 e. The summed E-state index contributed by atoms with van der Waals surface area (Å²) in [6.45, 7) is 3.12. The number of allylic oxidation sites excluding steroid dienone is 1. The number of rotatable bonds is 7. The fourth-order valence-corrected chi connectivity index (χ4v) is 3.19. The first-order valence-corrected chi connectivity index (χ1v) is 8.42. The quantitative estimate of drug-likeness (QED) is 0.676. The van der Waals surface area contributed by atoms with Crippen LogP contribution >= 0.6 is 11.6 Å². The van der Waals surface area contributed by atoms with Gasteiger partial charge in [-0.3, -0.25) is 0 Å². The standard InChI is InChI=1S/C18H25ClFN/c1-2-11-21-15(12-14-7-4-3-5-8-14)13-16-17(19)9-6-10-18(16)20/h6-7,9-10,15,21H,2-5,8,11-13H2,1H3. The van der Waals surface area contributed by atoms with Gasteiger partial charge in [-0.2, -0.15) is 0 Å². The Hall–Kier alpha value is -0.860. The monoisotopic (exact) mass is 309 g/mol. The van der Waals surface area contributed by atoms with Gasteiger partial charge in [-0.1, -0.05) is 36.2 Å². The number of halogens is 2. The predicted molar refractivity (Wildman–Crippen MR) is 88.4 cm³/mol. The summed E-state index contributed by atoms with van der Waals surface area (Å²) in [6.07, 6.45) is 10.1. The van der Waals surface area contributed by atoms with Gasteiger partial charge in [-0.25, -0.2) is 4.39 Å². The van der Waals surface area contributed by atoms with Gasteiger partial charge in [0, 0.05) is 16.6 Å². The van der Waals surface area contributed by atoms with Gasteiger partial charge in [0.15, 0.2) is 0 Å². The molecule has 0 radical (unpaired) electrons. The number of nitrogens with one attached hydrogen (secondary N) is 1. The van der Waals surface area contributed by atoms with Gasteiger partial charge in [0.1, 0.15) is 5.82 Å². The third-order valence-corrected chi connectivity index (χ3v) is 4.44. The molecule has 1 aromatic rings. The van der Waals surface area contributed by atoms with Crippen LogP contribution in [-0.4, -0.2) is 12.6 Å². The molecule has 1 aromatic carbocycles. The summed E-state index contributed by atoms with van der Waals surface area (Å²) in [7, 11) is 0. The minimum absolute atomic E-state index is 0.191. The largest absolute Gasteiger partial charge is 0.313 e. The number of hydrogen-bond donors (Lipinski definition) is 1. The molecule has 0 heterocycles. The molecule has 0 aliphatic heterocycles. The van der Waals surface area contributed by atoms with Crippen LogP contribution in [0.1, 0.15) is 51.0 Å². The Morgan fingerprint density at radius 3 is 2.81 bits per heavy atom. The molecule has 0 saturated heterocycles. The van der Waals surface area contributed by atoms with Gasteiger partial charge in [0.2, 0.25) is 0 Å². The van der Waals surface area contributed by atoms with Crippen molar-refractivity contribution in [1.29, 1.82) is 0 Å². The lowest BCUT2D eigenvalue weighted by atomic mass is 9.91. The van der Waals surface area contributed by atoms with Crippen molar-refractivity contribution in [1.82, 2.24) is 5.32 Å². The maximum Gasteiger partial charge on any atom is 0.127 e. The lowest BCUT2D eigenvalue weighted by molar-refractivity contribution is 0.480. The Balaban J connectivity index is 2.06. The van der Waals surface area contributed by atoms with E-state index in [1.54, 1.807) is 12.1 Å². The van der Waals surface area contributed by atoms with Gasteiger partial charge in [-0.05, 0) is 63.6 Å². The third kappa shape index (κ3) is 5.12. The van der Waals surface area contributed by atoms with Gasteiger partial charge in [-0.15, -0.1) is 0 Å². The zero-order chi connectivity index (χ0) is 15.1. The lowest BCUT2D eigenvalue weighted by Gasteiger charge is -2.23. The molecule has 1 unspecified atom stereocenters. The van der Waals surface area contributed by atoms with Gasteiger partial charge in [0.25, 0.3) is 0 Å². The van der Waals surface area contributed by atoms with E-state index in [9.17, 15) is 4.39 Å². The van der Waals surface area contributed by atoms with Gasteiger partial charge < -0.3 is 5.32 Å². The van der Waals surface area contributed by atoms with Crippen molar-refractivity contribution in [2.45, 2.75) is 57.9 Å². The minimum Gasteiger partial charge on any atom is -0.313 e.